The van der Waals surface area contributed by atoms with Crippen LogP contribution in [0.4, 0.5) is 4.39 Å². The predicted octanol–water partition coefficient (Wildman–Crippen LogP) is 5.53. The molecule has 0 bridgehead atoms. The molecule has 112 valence electrons. The van der Waals surface area contributed by atoms with Gasteiger partial charge in [-0.25, -0.2) is 4.39 Å². The fraction of sp³-hybridized carbons (Fsp3) is 0.333. The third-order valence-electron chi connectivity index (χ3n) is 3.70. The smallest absolute Gasteiger partial charge is 0.123 e. The summed E-state index contributed by atoms with van der Waals surface area (Å²) >= 11 is 5.96. The summed E-state index contributed by atoms with van der Waals surface area (Å²) in [6.07, 6.45) is 0. The van der Waals surface area contributed by atoms with Crippen LogP contribution >= 0.6 is 11.6 Å². The number of halogens is 2. The zero-order valence-electron chi connectivity index (χ0n) is 12.6. The molecular formula is C18H21ClFN. The van der Waals surface area contributed by atoms with Crippen molar-refractivity contribution in [1.29, 1.82) is 0 Å². The molecule has 2 aromatic carbocycles. The van der Waals surface area contributed by atoms with E-state index in [1.54, 1.807) is 0 Å². The molecule has 2 unspecified atom stereocenters. The van der Waals surface area contributed by atoms with Gasteiger partial charge in [-0.1, -0.05) is 49.7 Å². The minimum Gasteiger partial charge on any atom is -0.303 e. The molecule has 0 radical (unpaired) electrons. The van der Waals surface area contributed by atoms with Gasteiger partial charge in [0.15, 0.2) is 0 Å². The normalized spacial score (nSPS) is 14.2. The lowest BCUT2D eigenvalue weighted by molar-refractivity contribution is 0.374. The Morgan fingerprint density at radius 3 is 1.90 bits per heavy atom. The maximum absolute atomic E-state index is 13.0. The molecule has 2 rings (SSSR count). The highest BCUT2D eigenvalue weighted by molar-refractivity contribution is 6.30. The Labute approximate surface area is 131 Å². The van der Waals surface area contributed by atoms with Gasteiger partial charge in [-0.2, -0.15) is 0 Å². The first-order chi connectivity index (χ1) is 9.97. The Bertz CT molecular complexity index is 563. The van der Waals surface area contributed by atoms with E-state index < -0.39 is 0 Å². The molecule has 0 amide bonds. The zero-order valence-corrected chi connectivity index (χ0v) is 13.4. The van der Waals surface area contributed by atoms with Gasteiger partial charge in [0.25, 0.3) is 0 Å². The zero-order chi connectivity index (χ0) is 15.4. The van der Waals surface area contributed by atoms with E-state index in [2.05, 4.69) is 38.2 Å². The van der Waals surface area contributed by atoms with Crippen molar-refractivity contribution in [2.24, 2.45) is 5.92 Å². The Morgan fingerprint density at radius 2 is 1.38 bits per heavy atom. The fourth-order valence-corrected chi connectivity index (χ4v) is 2.59. The molecule has 0 heterocycles. The van der Waals surface area contributed by atoms with Gasteiger partial charge in [0.1, 0.15) is 5.82 Å². The lowest BCUT2D eigenvalue weighted by Gasteiger charge is -2.27. The average molecular weight is 306 g/mol. The molecule has 0 aromatic heterocycles. The SMILES string of the molecule is CC(NC(c1ccc(Cl)cc1)C(C)C)c1ccc(F)cc1. The van der Waals surface area contributed by atoms with Crippen molar-refractivity contribution < 1.29 is 4.39 Å². The summed E-state index contributed by atoms with van der Waals surface area (Å²) < 4.78 is 13.0. The number of hydrogen-bond acceptors (Lipinski definition) is 1. The van der Waals surface area contributed by atoms with Crippen molar-refractivity contribution >= 4 is 11.6 Å². The van der Waals surface area contributed by atoms with Crippen LogP contribution in [0.1, 0.15) is 44.0 Å². The number of rotatable bonds is 5. The van der Waals surface area contributed by atoms with Crippen molar-refractivity contribution in [1.82, 2.24) is 5.32 Å². The Hall–Kier alpha value is -1.38. The van der Waals surface area contributed by atoms with Crippen LogP contribution < -0.4 is 5.32 Å². The van der Waals surface area contributed by atoms with Crippen molar-refractivity contribution in [2.75, 3.05) is 0 Å². The maximum Gasteiger partial charge on any atom is 0.123 e. The van der Waals surface area contributed by atoms with E-state index in [0.29, 0.717) is 5.92 Å². The third kappa shape index (κ3) is 4.29. The van der Waals surface area contributed by atoms with Crippen LogP contribution in [0.3, 0.4) is 0 Å². The Balaban J connectivity index is 2.16. The molecule has 0 aliphatic rings. The summed E-state index contributed by atoms with van der Waals surface area (Å²) in [4.78, 5) is 0. The molecule has 0 fully saturated rings. The van der Waals surface area contributed by atoms with E-state index in [0.717, 1.165) is 10.6 Å². The Morgan fingerprint density at radius 1 is 0.857 bits per heavy atom. The summed E-state index contributed by atoms with van der Waals surface area (Å²) in [6.45, 7) is 6.46. The lowest BCUT2D eigenvalue weighted by Crippen LogP contribution is -2.28. The highest BCUT2D eigenvalue weighted by Crippen LogP contribution is 2.26. The first-order valence-corrected chi connectivity index (χ1v) is 7.62. The van der Waals surface area contributed by atoms with Crippen molar-refractivity contribution in [3.05, 3.63) is 70.5 Å². The van der Waals surface area contributed by atoms with E-state index in [1.165, 1.54) is 17.7 Å². The van der Waals surface area contributed by atoms with Crippen molar-refractivity contribution in [3.63, 3.8) is 0 Å². The number of benzene rings is 2. The molecular weight excluding hydrogens is 285 g/mol. The van der Waals surface area contributed by atoms with E-state index >= 15 is 0 Å². The minimum atomic E-state index is -0.205. The molecule has 0 saturated carbocycles. The lowest BCUT2D eigenvalue weighted by atomic mass is 9.94. The largest absolute Gasteiger partial charge is 0.303 e. The minimum absolute atomic E-state index is 0.147. The van der Waals surface area contributed by atoms with Crippen LogP contribution in [0.5, 0.6) is 0 Å². The second-order valence-corrected chi connectivity index (χ2v) is 6.15. The Kier molecular flexibility index (Phi) is 5.38. The molecule has 0 saturated heterocycles. The van der Waals surface area contributed by atoms with Crippen LogP contribution in [0, 0.1) is 11.7 Å². The molecule has 1 nitrogen and oxygen atoms in total. The van der Waals surface area contributed by atoms with Crippen LogP contribution in [0.2, 0.25) is 5.02 Å². The first kappa shape index (κ1) is 16.0. The highest BCUT2D eigenvalue weighted by atomic mass is 35.5. The summed E-state index contributed by atoms with van der Waals surface area (Å²) in [6, 6.07) is 15.0. The van der Waals surface area contributed by atoms with E-state index in [4.69, 9.17) is 11.6 Å². The van der Waals surface area contributed by atoms with Crippen LogP contribution in [-0.2, 0) is 0 Å². The van der Waals surface area contributed by atoms with Gasteiger partial charge in [0.05, 0.1) is 0 Å². The van der Waals surface area contributed by atoms with Gasteiger partial charge in [-0.15, -0.1) is 0 Å². The van der Waals surface area contributed by atoms with Gasteiger partial charge in [-0.05, 0) is 48.2 Å². The summed E-state index contributed by atoms with van der Waals surface area (Å²) in [7, 11) is 0. The highest BCUT2D eigenvalue weighted by Gasteiger charge is 2.18. The van der Waals surface area contributed by atoms with Gasteiger partial charge >= 0.3 is 0 Å². The molecule has 2 atom stereocenters. The number of hydrogen-bond donors (Lipinski definition) is 1. The van der Waals surface area contributed by atoms with Gasteiger partial charge in [0.2, 0.25) is 0 Å². The summed E-state index contributed by atoms with van der Waals surface area (Å²) in [5.74, 6) is 0.234. The molecule has 1 N–H and O–H groups in total. The van der Waals surface area contributed by atoms with E-state index in [-0.39, 0.29) is 17.9 Å². The van der Waals surface area contributed by atoms with Gasteiger partial charge in [0, 0.05) is 17.1 Å². The van der Waals surface area contributed by atoms with Crippen molar-refractivity contribution in [3.8, 4) is 0 Å². The molecule has 0 aliphatic heterocycles. The van der Waals surface area contributed by atoms with Gasteiger partial charge in [-0.3, -0.25) is 0 Å². The molecule has 0 spiro atoms. The molecule has 2 aromatic rings. The summed E-state index contributed by atoms with van der Waals surface area (Å²) in [5, 5.41) is 4.37. The topological polar surface area (TPSA) is 12.0 Å². The van der Waals surface area contributed by atoms with Crippen molar-refractivity contribution in [2.45, 2.75) is 32.9 Å². The standard InChI is InChI=1S/C18H21ClFN/c1-12(2)18(15-4-8-16(19)9-5-15)21-13(3)14-6-10-17(20)11-7-14/h4-13,18,21H,1-3H3. The summed E-state index contributed by atoms with van der Waals surface area (Å²) in [5.41, 5.74) is 2.29. The molecule has 0 aliphatic carbocycles. The second kappa shape index (κ2) is 7.06. The molecule has 3 heteroatoms. The number of nitrogens with one attached hydrogen (secondary N) is 1. The third-order valence-corrected chi connectivity index (χ3v) is 3.95. The predicted molar refractivity (Wildman–Crippen MR) is 87.0 cm³/mol. The maximum atomic E-state index is 13.0. The monoisotopic (exact) mass is 305 g/mol. The van der Waals surface area contributed by atoms with E-state index in [9.17, 15) is 4.39 Å². The second-order valence-electron chi connectivity index (χ2n) is 5.71. The molecule has 21 heavy (non-hydrogen) atoms. The first-order valence-electron chi connectivity index (χ1n) is 7.24. The van der Waals surface area contributed by atoms with Crippen LogP contribution in [-0.4, -0.2) is 0 Å². The average Bonchev–Trinajstić information content (AvgIpc) is 2.46. The van der Waals surface area contributed by atoms with E-state index in [1.807, 2.05) is 24.3 Å². The van der Waals surface area contributed by atoms with Crippen LogP contribution in [0.15, 0.2) is 48.5 Å². The van der Waals surface area contributed by atoms with Crippen LogP contribution in [0.25, 0.3) is 0 Å². The fourth-order valence-electron chi connectivity index (χ4n) is 2.46. The quantitative estimate of drug-likeness (QED) is 0.766. The van der Waals surface area contributed by atoms with Gasteiger partial charge < -0.3 is 5.32 Å².